The number of halogens is 1. The Kier molecular flexibility index (Phi) is 3.57. The molecular formula is C7H15ClN2O2S. The van der Waals surface area contributed by atoms with Gasteiger partial charge in [0.15, 0.2) is 0 Å². The van der Waals surface area contributed by atoms with Crippen LogP contribution in [0.4, 0.5) is 0 Å². The lowest BCUT2D eigenvalue weighted by molar-refractivity contribution is 0.159. The lowest BCUT2D eigenvalue weighted by Gasteiger charge is -2.36. The number of piperazine rings is 1. The molecule has 1 heterocycles. The van der Waals surface area contributed by atoms with E-state index in [1.54, 1.807) is 0 Å². The molecule has 1 aliphatic rings. The summed E-state index contributed by atoms with van der Waals surface area (Å²) in [6, 6.07) is 0.0289. The van der Waals surface area contributed by atoms with Crippen molar-refractivity contribution in [3.05, 3.63) is 0 Å². The van der Waals surface area contributed by atoms with Gasteiger partial charge in [0, 0.05) is 36.4 Å². The fraction of sp³-hybridized carbons (Fsp3) is 1.00. The van der Waals surface area contributed by atoms with Gasteiger partial charge in [0.2, 0.25) is 0 Å². The maximum absolute atomic E-state index is 11.1. The summed E-state index contributed by atoms with van der Waals surface area (Å²) in [7, 11) is 3.77. The van der Waals surface area contributed by atoms with Crippen molar-refractivity contribution >= 4 is 19.9 Å². The summed E-state index contributed by atoms with van der Waals surface area (Å²) in [5.74, 6) is 0. The van der Waals surface area contributed by atoms with Crippen molar-refractivity contribution in [1.29, 1.82) is 0 Å². The summed E-state index contributed by atoms with van der Waals surface area (Å²) >= 11 is 0. The van der Waals surface area contributed by atoms with Gasteiger partial charge in [-0.25, -0.2) is 0 Å². The van der Waals surface area contributed by atoms with E-state index >= 15 is 0 Å². The fourth-order valence-electron chi connectivity index (χ4n) is 1.61. The van der Waals surface area contributed by atoms with E-state index in [1.165, 1.54) is 4.31 Å². The second kappa shape index (κ2) is 4.13. The van der Waals surface area contributed by atoms with Crippen molar-refractivity contribution in [2.75, 3.05) is 26.7 Å². The zero-order valence-corrected chi connectivity index (χ0v) is 9.48. The minimum atomic E-state index is -3.53. The zero-order chi connectivity index (χ0) is 10.1. The lowest BCUT2D eigenvalue weighted by atomic mass is 10.2. The molecule has 1 saturated heterocycles. The van der Waals surface area contributed by atoms with E-state index in [2.05, 4.69) is 4.90 Å². The first-order chi connectivity index (χ1) is 5.95. The highest BCUT2D eigenvalue weighted by Crippen LogP contribution is 2.18. The Labute approximate surface area is 84.0 Å². The first-order valence-electron chi connectivity index (χ1n) is 4.35. The van der Waals surface area contributed by atoms with E-state index < -0.39 is 9.24 Å². The van der Waals surface area contributed by atoms with E-state index in [1.807, 2.05) is 14.0 Å². The number of nitrogens with zero attached hydrogens (tertiary/aromatic N) is 2. The molecule has 0 aromatic rings. The number of hydrogen-bond donors (Lipinski definition) is 0. The van der Waals surface area contributed by atoms with Crippen molar-refractivity contribution in [2.45, 2.75) is 19.4 Å². The van der Waals surface area contributed by atoms with Gasteiger partial charge in [0.05, 0.1) is 0 Å². The van der Waals surface area contributed by atoms with Crippen molar-refractivity contribution < 1.29 is 8.42 Å². The third-order valence-corrected chi connectivity index (χ3v) is 3.96. The van der Waals surface area contributed by atoms with Crippen LogP contribution in [0.5, 0.6) is 0 Å². The van der Waals surface area contributed by atoms with E-state index in [4.69, 9.17) is 10.7 Å². The molecule has 0 N–H and O–H groups in total. The van der Waals surface area contributed by atoms with Gasteiger partial charge in [-0.15, -0.1) is 0 Å². The number of likely N-dealkylation sites (N-methyl/N-ethyl adjacent to an activating group) is 1. The van der Waals surface area contributed by atoms with Crippen LogP contribution in [-0.4, -0.2) is 50.3 Å². The molecule has 1 fully saturated rings. The molecule has 1 unspecified atom stereocenters. The average Bonchev–Trinajstić information content (AvgIpc) is 2.01. The van der Waals surface area contributed by atoms with Crippen LogP contribution in [-0.2, 0) is 9.24 Å². The molecule has 0 radical (unpaired) electrons. The van der Waals surface area contributed by atoms with Crippen molar-refractivity contribution in [1.82, 2.24) is 9.21 Å². The van der Waals surface area contributed by atoms with Gasteiger partial charge in [0.1, 0.15) is 0 Å². The van der Waals surface area contributed by atoms with Gasteiger partial charge < -0.3 is 4.90 Å². The van der Waals surface area contributed by atoms with Crippen LogP contribution in [0.25, 0.3) is 0 Å². The lowest BCUT2D eigenvalue weighted by Crippen LogP contribution is -2.52. The molecule has 1 aliphatic heterocycles. The Morgan fingerprint density at radius 2 is 2.08 bits per heavy atom. The SMILES string of the molecule is CCC1CN(C)CCN1S(=O)(=O)Cl. The summed E-state index contributed by atoms with van der Waals surface area (Å²) in [5, 5.41) is 0. The zero-order valence-electron chi connectivity index (χ0n) is 7.90. The summed E-state index contributed by atoms with van der Waals surface area (Å²) in [6.45, 7) is 3.99. The van der Waals surface area contributed by atoms with Crippen LogP contribution in [0.2, 0.25) is 0 Å². The molecular weight excluding hydrogens is 212 g/mol. The highest BCUT2D eigenvalue weighted by Gasteiger charge is 2.31. The molecule has 0 amide bonds. The average molecular weight is 227 g/mol. The largest absolute Gasteiger partial charge is 0.303 e. The Hall–Kier alpha value is 0.160. The van der Waals surface area contributed by atoms with Crippen LogP contribution < -0.4 is 0 Å². The molecule has 0 aliphatic carbocycles. The molecule has 1 atom stereocenters. The number of rotatable bonds is 2. The maximum atomic E-state index is 11.1. The Morgan fingerprint density at radius 3 is 2.54 bits per heavy atom. The quantitative estimate of drug-likeness (QED) is 0.644. The van der Waals surface area contributed by atoms with E-state index in [0.29, 0.717) is 6.54 Å². The topological polar surface area (TPSA) is 40.6 Å². The fourth-order valence-corrected chi connectivity index (χ4v) is 3.03. The predicted molar refractivity (Wildman–Crippen MR) is 53.1 cm³/mol. The third-order valence-electron chi connectivity index (χ3n) is 2.38. The monoisotopic (exact) mass is 226 g/mol. The minimum absolute atomic E-state index is 0.0289. The second-order valence-corrected chi connectivity index (χ2v) is 5.84. The van der Waals surface area contributed by atoms with E-state index in [0.717, 1.165) is 19.5 Å². The Morgan fingerprint density at radius 1 is 1.46 bits per heavy atom. The summed E-state index contributed by atoms with van der Waals surface area (Å²) in [5.41, 5.74) is 0. The van der Waals surface area contributed by atoms with Gasteiger partial charge in [-0.1, -0.05) is 6.92 Å². The minimum Gasteiger partial charge on any atom is -0.303 e. The highest BCUT2D eigenvalue weighted by molar-refractivity contribution is 8.11. The van der Waals surface area contributed by atoms with Crippen LogP contribution in [0, 0.1) is 0 Å². The van der Waals surface area contributed by atoms with Gasteiger partial charge >= 0.3 is 0 Å². The molecule has 6 heteroatoms. The molecule has 0 saturated carbocycles. The molecule has 0 aromatic carbocycles. The molecule has 0 bridgehead atoms. The highest BCUT2D eigenvalue weighted by atomic mass is 35.7. The number of hydrogen-bond acceptors (Lipinski definition) is 3. The molecule has 78 valence electrons. The Bertz CT molecular complexity index is 268. The molecule has 0 spiro atoms. The maximum Gasteiger partial charge on any atom is 0.300 e. The van der Waals surface area contributed by atoms with Crippen molar-refractivity contribution in [3.8, 4) is 0 Å². The summed E-state index contributed by atoms with van der Waals surface area (Å²) in [4.78, 5) is 2.12. The van der Waals surface area contributed by atoms with Crippen molar-refractivity contribution in [2.24, 2.45) is 0 Å². The van der Waals surface area contributed by atoms with Crippen molar-refractivity contribution in [3.63, 3.8) is 0 Å². The first-order valence-corrected chi connectivity index (χ1v) is 6.61. The smallest absolute Gasteiger partial charge is 0.300 e. The van der Waals surface area contributed by atoms with Crippen LogP contribution >= 0.6 is 10.7 Å². The normalized spacial score (nSPS) is 27.8. The van der Waals surface area contributed by atoms with Gasteiger partial charge in [-0.05, 0) is 13.5 Å². The van der Waals surface area contributed by atoms with Crippen LogP contribution in [0.1, 0.15) is 13.3 Å². The predicted octanol–water partition coefficient (Wildman–Crippen LogP) is 0.496. The van der Waals surface area contributed by atoms with Gasteiger partial charge in [0.25, 0.3) is 9.24 Å². The van der Waals surface area contributed by atoms with Crippen LogP contribution in [0.3, 0.4) is 0 Å². The summed E-state index contributed by atoms with van der Waals surface area (Å²) < 4.78 is 23.7. The molecule has 1 rings (SSSR count). The molecule has 13 heavy (non-hydrogen) atoms. The Balaban J connectivity index is 2.74. The van der Waals surface area contributed by atoms with Crippen LogP contribution in [0.15, 0.2) is 0 Å². The van der Waals surface area contributed by atoms with Gasteiger partial charge in [-0.3, -0.25) is 0 Å². The molecule has 0 aromatic heterocycles. The first kappa shape index (κ1) is 11.2. The van der Waals surface area contributed by atoms with E-state index in [-0.39, 0.29) is 6.04 Å². The summed E-state index contributed by atoms with van der Waals surface area (Å²) in [6.07, 6.45) is 0.802. The second-order valence-electron chi connectivity index (χ2n) is 3.38. The van der Waals surface area contributed by atoms with Gasteiger partial charge in [-0.2, -0.15) is 12.7 Å². The van der Waals surface area contributed by atoms with E-state index in [9.17, 15) is 8.42 Å². The third kappa shape index (κ3) is 2.80. The standard InChI is InChI=1S/C7H15ClN2O2S/c1-3-7-6-9(2)4-5-10(7)13(8,11)12/h7H,3-6H2,1-2H3. The molecule has 4 nitrogen and oxygen atoms in total.